The minimum absolute atomic E-state index is 0.0855. The maximum absolute atomic E-state index is 11.5. The fourth-order valence-corrected chi connectivity index (χ4v) is 1.32. The van der Waals surface area contributed by atoms with Crippen LogP contribution in [0, 0.1) is 12.8 Å². The predicted octanol–water partition coefficient (Wildman–Crippen LogP) is 2.15. The summed E-state index contributed by atoms with van der Waals surface area (Å²) in [6, 6.07) is 1.63. The van der Waals surface area contributed by atoms with E-state index in [0.717, 1.165) is 0 Å². The summed E-state index contributed by atoms with van der Waals surface area (Å²) in [6.07, 6.45) is 2.98. The average Bonchev–Trinajstić information content (AvgIpc) is 2.81. The lowest BCUT2D eigenvalue weighted by atomic mass is 10.1. The molecule has 0 aliphatic heterocycles. The van der Waals surface area contributed by atoms with Crippen LogP contribution in [0.2, 0.25) is 0 Å². The van der Waals surface area contributed by atoms with Crippen molar-refractivity contribution in [1.29, 1.82) is 0 Å². The number of hydrogen-bond acceptors (Lipinski definition) is 3. The summed E-state index contributed by atoms with van der Waals surface area (Å²) in [4.78, 5) is 11.5. The van der Waals surface area contributed by atoms with Gasteiger partial charge < -0.3 is 10.2 Å². The molecule has 1 fully saturated rings. The third kappa shape index (κ3) is 1.74. The van der Waals surface area contributed by atoms with Crippen LogP contribution in [0.3, 0.4) is 0 Å². The molecule has 1 aromatic heterocycles. The Kier molecular flexibility index (Phi) is 1.87. The molecule has 3 nitrogen and oxygen atoms in total. The smallest absolute Gasteiger partial charge is 0.198 e. The van der Waals surface area contributed by atoms with Gasteiger partial charge in [-0.05, 0) is 25.7 Å². The Hall–Kier alpha value is -1.25. The summed E-state index contributed by atoms with van der Waals surface area (Å²) in [6.45, 7) is 1.77. The van der Waals surface area contributed by atoms with Gasteiger partial charge in [-0.2, -0.15) is 0 Å². The Bertz CT molecular complexity index is 317. The van der Waals surface area contributed by atoms with Crippen molar-refractivity contribution in [3.8, 4) is 0 Å². The highest BCUT2D eigenvalue weighted by molar-refractivity contribution is 5.94. The molecule has 1 saturated carbocycles. The first-order valence-electron chi connectivity index (χ1n) is 4.56. The molecule has 1 aliphatic rings. The quantitative estimate of drug-likeness (QED) is 0.723. The van der Waals surface area contributed by atoms with Crippen molar-refractivity contribution in [1.82, 2.24) is 0 Å². The number of aryl methyl sites for hydroxylation is 1. The normalized spacial score (nSPS) is 16.1. The summed E-state index contributed by atoms with van der Waals surface area (Å²) >= 11 is 0. The van der Waals surface area contributed by atoms with Crippen molar-refractivity contribution in [3.05, 3.63) is 17.6 Å². The van der Waals surface area contributed by atoms with Gasteiger partial charge in [-0.25, -0.2) is 0 Å². The van der Waals surface area contributed by atoms with Crippen molar-refractivity contribution in [2.24, 2.45) is 5.92 Å². The van der Waals surface area contributed by atoms with Gasteiger partial charge in [0.05, 0.1) is 5.69 Å². The number of anilines is 1. The highest BCUT2D eigenvalue weighted by Gasteiger charge is 2.26. The van der Waals surface area contributed by atoms with Gasteiger partial charge in [0.15, 0.2) is 11.5 Å². The van der Waals surface area contributed by atoms with Crippen molar-refractivity contribution in [3.63, 3.8) is 0 Å². The molecule has 0 amide bonds. The first-order chi connectivity index (χ1) is 6.16. The molecule has 0 unspecified atom stereocenters. The Labute approximate surface area is 76.9 Å². The maximum atomic E-state index is 11.5. The average molecular weight is 179 g/mol. The second-order valence-electron chi connectivity index (χ2n) is 3.69. The standard InChI is InChI=1S/C10H13NO2/c1-6-8(11)5-10(13-6)9(12)4-7-2-3-7/h5,7H,2-4,11H2,1H3. The lowest BCUT2D eigenvalue weighted by molar-refractivity contribution is 0.0948. The third-order valence-corrected chi connectivity index (χ3v) is 2.40. The SMILES string of the molecule is Cc1oc(C(=O)CC2CC2)cc1N. The fourth-order valence-electron chi connectivity index (χ4n) is 1.32. The first-order valence-corrected chi connectivity index (χ1v) is 4.56. The highest BCUT2D eigenvalue weighted by atomic mass is 16.3. The number of hydrogen-bond donors (Lipinski definition) is 1. The monoisotopic (exact) mass is 179 g/mol. The van der Waals surface area contributed by atoms with Crippen LogP contribution < -0.4 is 5.73 Å². The molecular weight excluding hydrogens is 166 g/mol. The Morgan fingerprint density at radius 1 is 1.69 bits per heavy atom. The van der Waals surface area contributed by atoms with E-state index in [4.69, 9.17) is 10.2 Å². The number of ketones is 1. The lowest BCUT2D eigenvalue weighted by Gasteiger charge is -1.92. The zero-order chi connectivity index (χ0) is 9.42. The van der Waals surface area contributed by atoms with E-state index < -0.39 is 0 Å². The van der Waals surface area contributed by atoms with Gasteiger partial charge in [0.1, 0.15) is 5.76 Å². The number of nitrogen functional groups attached to an aromatic ring is 1. The molecule has 2 N–H and O–H groups in total. The molecule has 3 heteroatoms. The van der Waals surface area contributed by atoms with E-state index in [1.807, 2.05) is 0 Å². The second kappa shape index (κ2) is 2.91. The van der Waals surface area contributed by atoms with Gasteiger partial charge in [-0.15, -0.1) is 0 Å². The Morgan fingerprint density at radius 2 is 2.38 bits per heavy atom. The molecule has 13 heavy (non-hydrogen) atoms. The van der Waals surface area contributed by atoms with Crippen LogP contribution in [0.1, 0.15) is 35.6 Å². The van der Waals surface area contributed by atoms with Crippen LogP contribution >= 0.6 is 0 Å². The molecule has 0 radical (unpaired) electrons. The summed E-state index contributed by atoms with van der Waals surface area (Å²) in [7, 11) is 0. The van der Waals surface area contributed by atoms with E-state index in [0.29, 0.717) is 29.5 Å². The molecule has 0 saturated heterocycles. The summed E-state index contributed by atoms with van der Waals surface area (Å²) in [5.41, 5.74) is 6.15. The fraction of sp³-hybridized carbons (Fsp3) is 0.500. The molecule has 0 bridgehead atoms. The second-order valence-corrected chi connectivity index (χ2v) is 3.69. The molecule has 1 heterocycles. The minimum atomic E-state index is 0.0855. The lowest BCUT2D eigenvalue weighted by Crippen LogP contribution is -1.97. The predicted molar refractivity (Wildman–Crippen MR) is 49.5 cm³/mol. The van der Waals surface area contributed by atoms with E-state index in [-0.39, 0.29) is 5.78 Å². The zero-order valence-electron chi connectivity index (χ0n) is 7.67. The highest BCUT2D eigenvalue weighted by Crippen LogP contribution is 2.34. The maximum Gasteiger partial charge on any atom is 0.198 e. The van der Waals surface area contributed by atoms with E-state index in [1.165, 1.54) is 12.8 Å². The number of furan rings is 1. The molecule has 1 aromatic rings. The van der Waals surface area contributed by atoms with E-state index in [9.17, 15) is 4.79 Å². The van der Waals surface area contributed by atoms with E-state index >= 15 is 0 Å². The van der Waals surface area contributed by atoms with Gasteiger partial charge in [-0.1, -0.05) is 0 Å². The van der Waals surface area contributed by atoms with Crippen molar-refractivity contribution < 1.29 is 9.21 Å². The Morgan fingerprint density at radius 3 is 2.85 bits per heavy atom. The van der Waals surface area contributed by atoms with Gasteiger partial charge in [-0.3, -0.25) is 4.79 Å². The number of carbonyl (C=O) groups is 1. The number of carbonyl (C=O) groups excluding carboxylic acids is 1. The van der Waals surface area contributed by atoms with Crippen LogP contribution in [0.15, 0.2) is 10.5 Å². The van der Waals surface area contributed by atoms with Gasteiger partial charge in [0.25, 0.3) is 0 Å². The van der Waals surface area contributed by atoms with Gasteiger partial charge >= 0.3 is 0 Å². The molecule has 70 valence electrons. The molecule has 0 aromatic carbocycles. The Balaban J connectivity index is 2.09. The largest absolute Gasteiger partial charge is 0.456 e. The van der Waals surface area contributed by atoms with Crippen molar-refractivity contribution in [2.75, 3.05) is 5.73 Å². The van der Waals surface area contributed by atoms with E-state index in [1.54, 1.807) is 13.0 Å². The van der Waals surface area contributed by atoms with Crippen molar-refractivity contribution in [2.45, 2.75) is 26.2 Å². The first kappa shape index (κ1) is 8.35. The topological polar surface area (TPSA) is 56.2 Å². The van der Waals surface area contributed by atoms with Crippen LogP contribution in [0.25, 0.3) is 0 Å². The molecule has 2 rings (SSSR count). The van der Waals surface area contributed by atoms with Crippen molar-refractivity contribution >= 4 is 11.5 Å². The van der Waals surface area contributed by atoms with Gasteiger partial charge in [0, 0.05) is 12.5 Å². The summed E-state index contributed by atoms with van der Waals surface area (Å²) in [5.74, 6) is 1.74. The van der Waals surface area contributed by atoms with E-state index in [2.05, 4.69) is 0 Å². The summed E-state index contributed by atoms with van der Waals surface area (Å²) < 4.78 is 5.23. The third-order valence-electron chi connectivity index (χ3n) is 2.40. The van der Waals surface area contributed by atoms with Gasteiger partial charge in [0.2, 0.25) is 0 Å². The molecule has 1 aliphatic carbocycles. The molecule has 0 spiro atoms. The molecule has 0 atom stereocenters. The van der Waals surface area contributed by atoms with Crippen LogP contribution in [0.4, 0.5) is 5.69 Å². The summed E-state index contributed by atoms with van der Waals surface area (Å²) in [5, 5.41) is 0. The number of nitrogens with two attached hydrogens (primary N) is 1. The zero-order valence-corrected chi connectivity index (χ0v) is 7.67. The number of rotatable bonds is 3. The van der Waals surface area contributed by atoms with Crippen LogP contribution in [0.5, 0.6) is 0 Å². The number of Topliss-reactive ketones (excluding diaryl/α,β-unsaturated/α-hetero) is 1. The molecular formula is C10H13NO2. The minimum Gasteiger partial charge on any atom is -0.456 e. The van der Waals surface area contributed by atoms with Crippen LogP contribution in [-0.4, -0.2) is 5.78 Å². The van der Waals surface area contributed by atoms with Crippen LogP contribution in [-0.2, 0) is 0 Å².